The van der Waals surface area contributed by atoms with Gasteiger partial charge in [-0.05, 0) is 29.6 Å². The second-order valence-corrected chi connectivity index (χ2v) is 6.56. The minimum absolute atomic E-state index is 0.0832. The lowest BCUT2D eigenvalue weighted by Crippen LogP contribution is -2.36. The number of thiophene rings is 1. The van der Waals surface area contributed by atoms with Crippen LogP contribution < -0.4 is 14.8 Å². The number of rotatable bonds is 4. The van der Waals surface area contributed by atoms with Crippen molar-refractivity contribution < 1.29 is 14.3 Å². The highest BCUT2D eigenvalue weighted by Crippen LogP contribution is 2.32. The average Bonchev–Trinajstić information content (AvgIpc) is 3.14. The molecule has 0 atom stereocenters. The summed E-state index contributed by atoms with van der Waals surface area (Å²) >= 11 is 1.71. The van der Waals surface area contributed by atoms with Gasteiger partial charge in [-0.3, -0.25) is 4.79 Å². The summed E-state index contributed by atoms with van der Waals surface area (Å²) in [5, 5.41) is 5.04. The highest BCUT2D eigenvalue weighted by molar-refractivity contribution is 7.10. The van der Waals surface area contributed by atoms with E-state index in [-0.39, 0.29) is 18.1 Å². The third-order valence-corrected chi connectivity index (χ3v) is 4.75. The monoisotopic (exact) mass is 303 g/mol. The van der Waals surface area contributed by atoms with E-state index in [1.165, 1.54) is 4.88 Å². The predicted octanol–water partition coefficient (Wildman–Crippen LogP) is 3.18. The molecule has 2 heterocycles. The summed E-state index contributed by atoms with van der Waals surface area (Å²) in [5.41, 5.74) is 0.501. The quantitative estimate of drug-likeness (QED) is 0.943. The van der Waals surface area contributed by atoms with Gasteiger partial charge in [0.25, 0.3) is 5.91 Å². The summed E-state index contributed by atoms with van der Waals surface area (Å²) in [6.07, 6.45) is 0. The zero-order valence-corrected chi connectivity index (χ0v) is 12.8. The molecule has 0 aliphatic carbocycles. The Morgan fingerprint density at radius 1 is 1.29 bits per heavy atom. The van der Waals surface area contributed by atoms with E-state index in [1.54, 1.807) is 29.5 Å². The second kappa shape index (κ2) is 5.41. The van der Waals surface area contributed by atoms with Crippen molar-refractivity contribution in [2.75, 3.05) is 13.3 Å². The third-order valence-electron chi connectivity index (χ3n) is 3.51. The van der Waals surface area contributed by atoms with Crippen molar-refractivity contribution in [3.8, 4) is 11.5 Å². The summed E-state index contributed by atoms with van der Waals surface area (Å²) in [6, 6.07) is 9.36. The first kappa shape index (κ1) is 13.9. The van der Waals surface area contributed by atoms with Crippen LogP contribution in [0.3, 0.4) is 0 Å². The van der Waals surface area contributed by atoms with Crippen molar-refractivity contribution in [2.45, 2.75) is 19.3 Å². The van der Waals surface area contributed by atoms with Crippen molar-refractivity contribution >= 4 is 17.2 Å². The van der Waals surface area contributed by atoms with Crippen LogP contribution in [0.4, 0.5) is 0 Å². The molecular formula is C16H17NO3S. The van der Waals surface area contributed by atoms with E-state index in [9.17, 15) is 4.79 Å². The molecule has 4 nitrogen and oxygen atoms in total. The number of hydrogen-bond donors (Lipinski definition) is 1. The van der Waals surface area contributed by atoms with E-state index in [0.29, 0.717) is 23.6 Å². The molecule has 1 aromatic heterocycles. The molecule has 0 spiro atoms. The van der Waals surface area contributed by atoms with Gasteiger partial charge < -0.3 is 14.8 Å². The zero-order valence-electron chi connectivity index (χ0n) is 12.0. The Hall–Kier alpha value is -2.01. The van der Waals surface area contributed by atoms with Gasteiger partial charge in [-0.1, -0.05) is 19.9 Å². The van der Waals surface area contributed by atoms with E-state index in [4.69, 9.17) is 9.47 Å². The molecule has 1 amide bonds. The van der Waals surface area contributed by atoms with Crippen LogP contribution in [0, 0.1) is 0 Å². The summed E-state index contributed by atoms with van der Waals surface area (Å²) < 4.78 is 10.5. The highest BCUT2D eigenvalue weighted by atomic mass is 32.1. The van der Waals surface area contributed by atoms with Crippen LogP contribution in [0.2, 0.25) is 0 Å². The zero-order chi connectivity index (χ0) is 14.9. The van der Waals surface area contributed by atoms with E-state index in [1.807, 2.05) is 6.07 Å². The Morgan fingerprint density at radius 3 is 2.86 bits per heavy atom. The number of benzene rings is 1. The van der Waals surface area contributed by atoms with Gasteiger partial charge in [-0.15, -0.1) is 11.3 Å². The lowest BCUT2D eigenvalue weighted by molar-refractivity contribution is 0.0945. The number of fused-ring (bicyclic) bond motifs is 1. The number of ether oxygens (including phenoxy) is 2. The number of nitrogens with one attached hydrogen (secondary N) is 1. The van der Waals surface area contributed by atoms with Crippen molar-refractivity contribution in [3.63, 3.8) is 0 Å². The molecule has 0 unspecified atom stereocenters. The molecule has 1 aliphatic rings. The number of carbonyl (C=O) groups is 1. The normalized spacial score (nSPS) is 13.2. The molecule has 21 heavy (non-hydrogen) atoms. The van der Waals surface area contributed by atoms with Gasteiger partial charge in [0, 0.05) is 22.4 Å². The largest absolute Gasteiger partial charge is 0.454 e. The Morgan fingerprint density at radius 2 is 2.10 bits per heavy atom. The Bertz CT molecular complexity index is 650. The van der Waals surface area contributed by atoms with E-state index in [2.05, 4.69) is 30.6 Å². The Kier molecular flexibility index (Phi) is 3.59. The minimum atomic E-state index is -0.0991. The van der Waals surface area contributed by atoms with Crippen LogP contribution in [-0.2, 0) is 5.41 Å². The first-order chi connectivity index (χ1) is 10.1. The van der Waals surface area contributed by atoms with Gasteiger partial charge in [0.05, 0.1) is 0 Å². The molecule has 2 aromatic rings. The third kappa shape index (κ3) is 2.88. The van der Waals surface area contributed by atoms with Crippen molar-refractivity contribution in [2.24, 2.45) is 0 Å². The molecule has 0 bridgehead atoms. The van der Waals surface area contributed by atoms with Crippen LogP contribution in [0.25, 0.3) is 0 Å². The van der Waals surface area contributed by atoms with Gasteiger partial charge >= 0.3 is 0 Å². The molecule has 0 fully saturated rings. The second-order valence-electron chi connectivity index (χ2n) is 5.61. The summed E-state index contributed by atoms with van der Waals surface area (Å²) in [7, 11) is 0. The highest BCUT2D eigenvalue weighted by Gasteiger charge is 2.23. The fourth-order valence-electron chi connectivity index (χ4n) is 2.19. The van der Waals surface area contributed by atoms with E-state index in [0.717, 1.165) is 0 Å². The van der Waals surface area contributed by atoms with Crippen molar-refractivity contribution in [1.82, 2.24) is 5.32 Å². The summed E-state index contributed by atoms with van der Waals surface area (Å²) in [4.78, 5) is 13.5. The Balaban J connectivity index is 1.67. The molecule has 0 radical (unpaired) electrons. The lowest BCUT2D eigenvalue weighted by atomic mass is 9.91. The fourth-order valence-corrected chi connectivity index (χ4v) is 3.04. The van der Waals surface area contributed by atoms with Crippen LogP contribution in [0.5, 0.6) is 11.5 Å². The van der Waals surface area contributed by atoms with E-state index >= 15 is 0 Å². The van der Waals surface area contributed by atoms with Gasteiger partial charge in [-0.25, -0.2) is 0 Å². The van der Waals surface area contributed by atoms with Gasteiger partial charge in [0.2, 0.25) is 6.79 Å². The Labute approximate surface area is 127 Å². The molecule has 1 aromatic carbocycles. The van der Waals surface area contributed by atoms with Crippen LogP contribution in [0.1, 0.15) is 29.1 Å². The number of carbonyl (C=O) groups excluding carboxylic acids is 1. The first-order valence-electron chi connectivity index (χ1n) is 6.78. The first-order valence-corrected chi connectivity index (χ1v) is 7.66. The number of amides is 1. The smallest absolute Gasteiger partial charge is 0.251 e. The SMILES string of the molecule is CC(C)(CNC(=O)c1ccc2c(c1)OCO2)c1cccs1. The van der Waals surface area contributed by atoms with Crippen molar-refractivity contribution in [3.05, 3.63) is 46.2 Å². The predicted molar refractivity (Wildman–Crippen MR) is 82.2 cm³/mol. The van der Waals surface area contributed by atoms with Crippen LogP contribution >= 0.6 is 11.3 Å². The van der Waals surface area contributed by atoms with Gasteiger partial charge in [-0.2, -0.15) is 0 Å². The topological polar surface area (TPSA) is 47.6 Å². The van der Waals surface area contributed by atoms with Gasteiger partial charge in [0.15, 0.2) is 11.5 Å². The molecular weight excluding hydrogens is 286 g/mol. The maximum absolute atomic E-state index is 12.3. The van der Waals surface area contributed by atoms with E-state index < -0.39 is 0 Å². The molecule has 1 aliphatic heterocycles. The maximum Gasteiger partial charge on any atom is 0.251 e. The standard InChI is InChI=1S/C16H17NO3S/c1-16(2,14-4-3-7-21-14)9-17-15(18)11-5-6-12-13(8-11)20-10-19-12/h3-8H,9-10H2,1-2H3,(H,17,18). The molecule has 1 N–H and O–H groups in total. The van der Waals surface area contributed by atoms with Crippen LogP contribution in [-0.4, -0.2) is 19.2 Å². The lowest BCUT2D eigenvalue weighted by Gasteiger charge is -2.23. The molecule has 3 rings (SSSR count). The summed E-state index contributed by atoms with van der Waals surface area (Å²) in [6.45, 7) is 5.05. The molecule has 5 heteroatoms. The summed E-state index contributed by atoms with van der Waals surface area (Å²) in [5.74, 6) is 1.21. The van der Waals surface area contributed by atoms with Crippen molar-refractivity contribution in [1.29, 1.82) is 0 Å². The molecule has 0 saturated heterocycles. The molecule has 0 saturated carbocycles. The molecule has 110 valence electrons. The fraction of sp³-hybridized carbons (Fsp3) is 0.312. The minimum Gasteiger partial charge on any atom is -0.454 e. The maximum atomic E-state index is 12.3. The van der Waals surface area contributed by atoms with Gasteiger partial charge in [0.1, 0.15) is 0 Å². The average molecular weight is 303 g/mol. The number of hydrogen-bond acceptors (Lipinski definition) is 4. The van der Waals surface area contributed by atoms with Crippen LogP contribution in [0.15, 0.2) is 35.7 Å².